The average molecular weight is 301 g/mol. The number of aromatic nitrogens is 1. The lowest BCUT2D eigenvalue weighted by Crippen LogP contribution is -2.38. The van der Waals surface area contributed by atoms with Gasteiger partial charge in [0, 0.05) is 12.6 Å². The number of rotatable bonds is 4. The molecule has 1 aromatic rings. The third-order valence-corrected chi connectivity index (χ3v) is 2.90. The summed E-state index contributed by atoms with van der Waals surface area (Å²) in [4.78, 5) is 5.19. The van der Waals surface area contributed by atoms with Crippen molar-refractivity contribution >= 4 is 23.2 Å². The van der Waals surface area contributed by atoms with Gasteiger partial charge in [-0.15, -0.1) is 0 Å². The van der Waals surface area contributed by atoms with Crippen molar-refractivity contribution in [1.29, 1.82) is 0 Å². The van der Waals surface area contributed by atoms with Crippen molar-refractivity contribution in [1.82, 2.24) is 9.88 Å². The molecule has 0 aliphatic rings. The minimum atomic E-state index is -4.25. The highest BCUT2D eigenvalue weighted by atomic mass is 35.5. The third-order valence-electron chi connectivity index (χ3n) is 2.35. The molecule has 0 spiro atoms. The van der Waals surface area contributed by atoms with Gasteiger partial charge < -0.3 is 0 Å². The van der Waals surface area contributed by atoms with Crippen molar-refractivity contribution in [3.63, 3.8) is 0 Å². The van der Waals surface area contributed by atoms with E-state index in [0.717, 1.165) is 0 Å². The second kappa shape index (κ2) is 6.08. The molecule has 0 unspecified atom stereocenters. The number of pyridine rings is 1. The lowest BCUT2D eigenvalue weighted by Gasteiger charge is -2.27. The number of halogens is 5. The van der Waals surface area contributed by atoms with E-state index in [4.69, 9.17) is 23.2 Å². The van der Waals surface area contributed by atoms with Gasteiger partial charge in [-0.05, 0) is 26.0 Å². The molecule has 0 atom stereocenters. The molecule has 1 heterocycles. The van der Waals surface area contributed by atoms with E-state index in [0.29, 0.717) is 10.7 Å². The Balaban J connectivity index is 2.86. The number of alkyl halides is 3. The summed E-state index contributed by atoms with van der Waals surface area (Å²) in [6, 6.07) is 2.75. The number of hydrogen-bond acceptors (Lipinski definition) is 2. The predicted molar refractivity (Wildman–Crippen MR) is 65.9 cm³/mol. The lowest BCUT2D eigenvalue weighted by molar-refractivity contribution is -0.151. The van der Waals surface area contributed by atoms with Gasteiger partial charge in [0.05, 0.1) is 17.3 Å². The normalized spacial score (nSPS) is 12.5. The van der Waals surface area contributed by atoms with Crippen molar-refractivity contribution in [2.75, 3.05) is 6.54 Å². The minimum Gasteiger partial charge on any atom is -0.287 e. The van der Waals surface area contributed by atoms with Gasteiger partial charge in [-0.25, -0.2) is 4.98 Å². The highest BCUT2D eigenvalue weighted by Gasteiger charge is 2.32. The largest absolute Gasteiger partial charge is 0.401 e. The van der Waals surface area contributed by atoms with E-state index in [9.17, 15) is 13.2 Å². The summed E-state index contributed by atoms with van der Waals surface area (Å²) in [7, 11) is 0. The summed E-state index contributed by atoms with van der Waals surface area (Å²) < 4.78 is 37.3. The van der Waals surface area contributed by atoms with Gasteiger partial charge in [0.1, 0.15) is 5.15 Å². The van der Waals surface area contributed by atoms with E-state index in [1.807, 2.05) is 0 Å². The molecule has 7 heteroatoms. The second-order valence-electron chi connectivity index (χ2n) is 4.18. The van der Waals surface area contributed by atoms with Gasteiger partial charge in [0.25, 0.3) is 0 Å². The lowest BCUT2D eigenvalue weighted by atomic mass is 10.2. The fourth-order valence-electron chi connectivity index (χ4n) is 1.41. The molecule has 0 aliphatic heterocycles. The van der Waals surface area contributed by atoms with Crippen molar-refractivity contribution in [2.24, 2.45) is 0 Å². The molecule has 0 saturated heterocycles. The Hall–Kier alpha value is -0.520. The van der Waals surface area contributed by atoms with Crippen LogP contribution in [0.25, 0.3) is 0 Å². The quantitative estimate of drug-likeness (QED) is 0.776. The van der Waals surface area contributed by atoms with Crippen LogP contribution < -0.4 is 0 Å². The predicted octanol–water partition coefficient (Wildman–Crippen LogP) is 4.16. The fourth-order valence-corrected chi connectivity index (χ4v) is 1.74. The van der Waals surface area contributed by atoms with Crippen molar-refractivity contribution in [2.45, 2.75) is 32.6 Å². The third kappa shape index (κ3) is 5.00. The summed E-state index contributed by atoms with van der Waals surface area (Å²) in [5.74, 6) is 0. The highest BCUT2D eigenvalue weighted by molar-refractivity contribution is 6.32. The van der Waals surface area contributed by atoms with Crippen LogP contribution in [0.4, 0.5) is 13.2 Å². The van der Waals surface area contributed by atoms with Gasteiger partial charge in [0.2, 0.25) is 0 Å². The maximum atomic E-state index is 12.4. The molecule has 0 fully saturated rings. The summed E-state index contributed by atoms with van der Waals surface area (Å²) in [6.45, 7) is 2.38. The smallest absolute Gasteiger partial charge is 0.287 e. The monoisotopic (exact) mass is 300 g/mol. The van der Waals surface area contributed by atoms with Crippen molar-refractivity contribution in [3.8, 4) is 0 Å². The summed E-state index contributed by atoms with van der Waals surface area (Å²) >= 11 is 11.6. The maximum Gasteiger partial charge on any atom is 0.401 e. The van der Waals surface area contributed by atoms with Crippen molar-refractivity contribution in [3.05, 3.63) is 28.0 Å². The molecule has 18 heavy (non-hydrogen) atoms. The van der Waals surface area contributed by atoms with Crippen LogP contribution in [0.3, 0.4) is 0 Å². The van der Waals surface area contributed by atoms with Crippen LogP contribution in [-0.4, -0.2) is 28.6 Å². The zero-order valence-corrected chi connectivity index (χ0v) is 11.4. The molecule has 0 N–H and O–H groups in total. The van der Waals surface area contributed by atoms with E-state index >= 15 is 0 Å². The van der Waals surface area contributed by atoms with Crippen LogP contribution in [-0.2, 0) is 6.54 Å². The Morgan fingerprint density at radius 1 is 1.28 bits per heavy atom. The molecule has 102 valence electrons. The van der Waals surface area contributed by atoms with Crippen LogP contribution in [0.1, 0.15) is 19.5 Å². The molecular weight excluding hydrogens is 288 g/mol. The Morgan fingerprint density at radius 3 is 2.39 bits per heavy atom. The Kier molecular flexibility index (Phi) is 5.25. The zero-order valence-electron chi connectivity index (χ0n) is 9.93. The SMILES string of the molecule is CC(C)N(Cc1nc(Cl)ccc1Cl)CC(F)(F)F. The van der Waals surface area contributed by atoms with Crippen LogP contribution in [0.15, 0.2) is 12.1 Å². The van der Waals surface area contributed by atoms with Gasteiger partial charge in [-0.3, -0.25) is 4.90 Å². The summed E-state index contributed by atoms with van der Waals surface area (Å²) in [5, 5.41) is 0.525. The molecule has 2 nitrogen and oxygen atoms in total. The number of hydrogen-bond donors (Lipinski definition) is 0. The van der Waals surface area contributed by atoms with Gasteiger partial charge in [-0.1, -0.05) is 23.2 Å². The molecule has 1 rings (SSSR count). The van der Waals surface area contributed by atoms with Gasteiger partial charge in [-0.2, -0.15) is 13.2 Å². The van der Waals surface area contributed by atoms with Crippen LogP contribution in [0.2, 0.25) is 10.2 Å². The molecule has 0 radical (unpaired) electrons. The first-order valence-electron chi connectivity index (χ1n) is 5.31. The second-order valence-corrected chi connectivity index (χ2v) is 4.97. The summed E-state index contributed by atoms with van der Waals surface area (Å²) in [5.41, 5.74) is 0.349. The Labute approximate surface area is 114 Å². The molecular formula is C11H13Cl2F3N2. The molecule has 0 saturated carbocycles. The molecule has 0 amide bonds. The van der Waals surface area contributed by atoms with Crippen LogP contribution >= 0.6 is 23.2 Å². The first-order valence-corrected chi connectivity index (χ1v) is 6.06. The van der Waals surface area contributed by atoms with Gasteiger partial charge in [0.15, 0.2) is 0 Å². The van der Waals surface area contributed by atoms with E-state index < -0.39 is 12.7 Å². The Morgan fingerprint density at radius 2 is 1.89 bits per heavy atom. The Bertz CT molecular complexity index is 408. The molecule has 0 bridgehead atoms. The fraction of sp³-hybridized carbons (Fsp3) is 0.545. The van der Waals surface area contributed by atoms with E-state index in [1.165, 1.54) is 17.0 Å². The maximum absolute atomic E-state index is 12.4. The van der Waals surface area contributed by atoms with E-state index in [-0.39, 0.29) is 17.7 Å². The molecule has 1 aromatic heterocycles. The van der Waals surface area contributed by atoms with Crippen LogP contribution in [0.5, 0.6) is 0 Å². The topological polar surface area (TPSA) is 16.1 Å². The average Bonchev–Trinajstić information content (AvgIpc) is 2.20. The zero-order chi connectivity index (χ0) is 13.9. The first kappa shape index (κ1) is 15.5. The van der Waals surface area contributed by atoms with Crippen molar-refractivity contribution < 1.29 is 13.2 Å². The first-order chi connectivity index (χ1) is 8.19. The summed E-state index contributed by atoms with van der Waals surface area (Å²) in [6.07, 6.45) is -4.25. The highest BCUT2D eigenvalue weighted by Crippen LogP contribution is 2.23. The standard InChI is InChI=1S/C11H13Cl2F3N2/c1-7(2)18(6-11(14,15)16)5-9-8(12)3-4-10(13)17-9/h3-4,7H,5-6H2,1-2H3. The van der Waals surface area contributed by atoms with E-state index in [2.05, 4.69) is 4.98 Å². The number of nitrogens with zero attached hydrogens (tertiary/aromatic N) is 2. The van der Waals surface area contributed by atoms with E-state index in [1.54, 1.807) is 13.8 Å². The molecule has 0 aromatic carbocycles. The molecule has 0 aliphatic carbocycles. The van der Waals surface area contributed by atoms with Crippen LogP contribution in [0, 0.1) is 0 Å². The minimum absolute atomic E-state index is 0.0105. The van der Waals surface area contributed by atoms with Gasteiger partial charge >= 0.3 is 6.18 Å².